The van der Waals surface area contributed by atoms with E-state index >= 15 is 0 Å². The van der Waals surface area contributed by atoms with Gasteiger partial charge in [-0.1, -0.05) is 34.9 Å². The number of hydrogen-bond acceptors (Lipinski definition) is 3. The van der Waals surface area contributed by atoms with E-state index in [1.165, 1.54) is 0 Å². The van der Waals surface area contributed by atoms with Crippen LogP contribution in [0, 0.1) is 20.8 Å². The highest BCUT2D eigenvalue weighted by atomic mass is 35.5. The van der Waals surface area contributed by atoms with Crippen LogP contribution in [0.1, 0.15) is 27.0 Å². The quantitative estimate of drug-likeness (QED) is 0.712. The SMILES string of the molecule is Cc1cc(C)cc(C(=O)NCC(=O)NCC(=O)Nc2ccc(C)cc2Cl)c1. The van der Waals surface area contributed by atoms with Crippen molar-refractivity contribution in [1.29, 1.82) is 0 Å². The van der Waals surface area contributed by atoms with E-state index in [4.69, 9.17) is 11.6 Å². The Bertz CT molecular complexity index is 861. The summed E-state index contributed by atoms with van der Waals surface area (Å²) in [6.45, 7) is 5.25. The number of amides is 3. The Labute approximate surface area is 163 Å². The van der Waals surface area contributed by atoms with Crippen LogP contribution in [0.25, 0.3) is 0 Å². The van der Waals surface area contributed by atoms with Gasteiger partial charge in [0.15, 0.2) is 0 Å². The summed E-state index contributed by atoms with van der Waals surface area (Å²) in [4.78, 5) is 35.9. The maximum atomic E-state index is 12.1. The second kappa shape index (κ2) is 9.19. The number of benzene rings is 2. The lowest BCUT2D eigenvalue weighted by Crippen LogP contribution is -2.40. The van der Waals surface area contributed by atoms with Gasteiger partial charge in [-0.05, 0) is 50.6 Å². The number of rotatable bonds is 6. The molecule has 2 aromatic rings. The minimum absolute atomic E-state index is 0.218. The topological polar surface area (TPSA) is 87.3 Å². The van der Waals surface area contributed by atoms with Crippen LogP contribution >= 0.6 is 11.6 Å². The number of anilines is 1. The highest BCUT2D eigenvalue weighted by Crippen LogP contribution is 2.22. The molecule has 0 unspecified atom stereocenters. The normalized spacial score (nSPS) is 10.2. The van der Waals surface area contributed by atoms with Crippen LogP contribution in [0.2, 0.25) is 5.02 Å². The zero-order valence-corrected chi connectivity index (χ0v) is 16.2. The predicted octanol–water partition coefficient (Wildman–Crippen LogP) is 2.75. The van der Waals surface area contributed by atoms with Gasteiger partial charge in [0.2, 0.25) is 11.8 Å². The van der Waals surface area contributed by atoms with Gasteiger partial charge in [0, 0.05) is 5.56 Å². The van der Waals surface area contributed by atoms with Crippen molar-refractivity contribution in [1.82, 2.24) is 10.6 Å². The highest BCUT2D eigenvalue weighted by molar-refractivity contribution is 6.33. The maximum Gasteiger partial charge on any atom is 0.251 e. The van der Waals surface area contributed by atoms with Gasteiger partial charge in [-0.25, -0.2) is 0 Å². The van der Waals surface area contributed by atoms with E-state index in [2.05, 4.69) is 16.0 Å². The van der Waals surface area contributed by atoms with Gasteiger partial charge in [0.05, 0.1) is 23.8 Å². The molecule has 0 fully saturated rings. The van der Waals surface area contributed by atoms with Crippen LogP contribution in [0.4, 0.5) is 5.69 Å². The van der Waals surface area contributed by atoms with Crippen molar-refractivity contribution in [3.05, 3.63) is 63.7 Å². The molecule has 2 aromatic carbocycles. The Kier molecular flexibility index (Phi) is 6.96. The lowest BCUT2D eigenvalue weighted by molar-refractivity contribution is -0.123. The van der Waals surface area contributed by atoms with E-state index in [0.717, 1.165) is 16.7 Å². The number of aryl methyl sites for hydroxylation is 3. The number of carbonyl (C=O) groups excluding carboxylic acids is 3. The van der Waals surface area contributed by atoms with Crippen molar-refractivity contribution in [3.63, 3.8) is 0 Å². The van der Waals surface area contributed by atoms with Crippen LogP contribution in [0.3, 0.4) is 0 Å². The Hall–Kier alpha value is -2.86. The van der Waals surface area contributed by atoms with E-state index in [1.807, 2.05) is 32.9 Å². The minimum Gasteiger partial charge on any atom is -0.345 e. The Balaban J connectivity index is 1.78. The minimum atomic E-state index is -0.460. The first-order valence-corrected chi connectivity index (χ1v) is 8.81. The average Bonchev–Trinajstić information content (AvgIpc) is 2.59. The van der Waals surface area contributed by atoms with Gasteiger partial charge in [-0.15, -0.1) is 0 Å². The summed E-state index contributed by atoms with van der Waals surface area (Å²) in [5.74, 6) is -1.21. The van der Waals surface area contributed by atoms with E-state index in [9.17, 15) is 14.4 Å². The summed E-state index contributed by atoms with van der Waals surface area (Å²) in [5.41, 5.74) is 3.88. The van der Waals surface area contributed by atoms with Crippen molar-refractivity contribution in [2.75, 3.05) is 18.4 Å². The molecular weight excluding hydrogens is 366 g/mol. The molecule has 3 amide bonds. The number of halogens is 1. The molecular formula is C20H22ClN3O3. The fraction of sp³-hybridized carbons (Fsp3) is 0.250. The summed E-state index contributed by atoms with van der Waals surface area (Å²) >= 11 is 6.05. The standard InChI is InChI=1S/C20H22ClN3O3/c1-12-4-5-17(16(21)9-12)24-19(26)11-22-18(25)10-23-20(27)15-7-13(2)6-14(3)8-15/h4-9H,10-11H2,1-3H3,(H,22,25)(H,23,27)(H,24,26). The molecule has 142 valence electrons. The zero-order valence-electron chi connectivity index (χ0n) is 15.5. The smallest absolute Gasteiger partial charge is 0.251 e. The summed E-state index contributed by atoms with van der Waals surface area (Å²) in [7, 11) is 0. The van der Waals surface area contributed by atoms with Crippen LogP contribution in [-0.4, -0.2) is 30.8 Å². The first-order valence-electron chi connectivity index (χ1n) is 8.44. The third-order valence-corrected chi connectivity index (χ3v) is 4.05. The van der Waals surface area contributed by atoms with E-state index in [1.54, 1.807) is 24.3 Å². The molecule has 0 atom stereocenters. The van der Waals surface area contributed by atoms with Gasteiger partial charge >= 0.3 is 0 Å². The lowest BCUT2D eigenvalue weighted by Gasteiger charge is -2.10. The molecule has 0 aromatic heterocycles. The third-order valence-electron chi connectivity index (χ3n) is 3.74. The first kappa shape index (κ1) is 20.5. The number of carbonyl (C=O) groups is 3. The third kappa shape index (κ3) is 6.42. The van der Waals surface area contributed by atoms with Gasteiger partial charge in [-0.3, -0.25) is 14.4 Å². The van der Waals surface area contributed by atoms with Crippen molar-refractivity contribution in [2.45, 2.75) is 20.8 Å². The molecule has 0 aliphatic heterocycles. The molecule has 0 spiro atoms. The fourth-order valence-corrected chi connectivity index (χ4v) is 2.81. The summed E-state index contributed by atoms with van der Waals surface area (Å²) in [6.07, 6.45) is 0. The van der Waals surface area contributed by atoms with Gasteiger partial charge < -0.3 is 16.0 Å². The van der Waals surface area contributed by atoms with E-state index < -0.39 is 11.8 Å². The van der Waals surface area contributed by atoms with Crippen LogP contribution in [0.5, 0.6) is 0 Å². The molecule has 0 saturated carbocycles. The van der Waals surface area contributed by atoms with Crippen LogP contribution in [0.15, 0.2) is 36.4 Å². The van der Waals surface area contributed by atoms with Crippen molar-refractivity contribution < 1.29 is 14.4 Å². The van der Waals surface area contributed by atoms with Gasteiger partial charge in [0.25, 0.3) is 5.91 Å². The largest absolute Gasteiger partial charge is 0.345 e. The first-order chi connectivity index (χ1) is 12.7. The Morgan fingerprint density at radius 2 is 1.44 bits per heavy atom. The molecule has 6 nitrogen and oxygen atoms in total. The van der Waals surface area contributed by atoms with E-state index in [-0.39, 0.29) is 19.0 Å². The monoisotopic (exact) mass is 387 g/mol. The van der Waals surface area contributed by atoms with Crippen molar-refractivity contribution in [2.24, 2.45) is 0 Å². The lowest BCUT2D eigenvalue weighted by atomic mass is 10.1. The van der Waals surface area contributed by atoms with Crippen LogP contribution in [-0.2, 0) is 9.59 Å². The van der Waals surface area contributed by atoms with Crippen molar-refractivity contribution >= 4 is 35.0 Å². The summed E-state index contributed by atoms with van der Waals surface area (Å²) in [6, 6.07) is 10.7. The second-order valence-electron chi connectivity index (χ2n) is 6.37. The molecule has 7 heteroatoms. The highest BCUT2D eigenvalue weighted by Gasteiger charge is 2.11. The molecule has 0 aliphatic carbocycles. The number of hydrogen-bond donors (Lipinski definition) is 3. The molecule has 0 heterocycles. The predicted molar refractivity (Wildman–Crippen MR) is 106 cm³/mol. The Morgan fingerprint density at radius 3 is 2.07 bits per heavy atom. The second-order valence-corrected chi connectivity index (χ2v) is 6.77. The summed E-state index contributed by atoms with van der Waals surface area (Å²) < 4.78 is 0. The van der Waals surface area contributed by atoms with Gasteiger partial charge in [-0.2, -0.15) is 0 Å². The van der Waals surface area contributed by atoms with Crippen LogP contribution < -0.4 is 16.0 Å². The molecule has 0 saturated heterocycles. The molecule has 0 aliphatic rings. The van der Waals surface area contributed by atoms with Crippen molar-refractivity contribution in [3.8, 4) is 0 Å². The summed E-state index contributed by atoms with van der Waals surface area (Å²) in [5, 5.41) is 8.04. The molecule has 27 heavy (non-hydrogen) atoms. The molecule has 2 rings (SSSR count). The molecule has 0 bridgehead atoms. The number of nitrogens with one attached hydrogen (secondary N) is 3. The Morgan fingerprint density at radius 1 is 0.815 bits per heavy atom. The maximum absolute atomic E-state index is 12.1. The zero-order chi connectivity index (χ0) is 20.0. The fourth-order valence-electron chi connectivity index (χ4n) is 2.53. The molecule has 3 N–H and O–H groups in total. The average molecular weight is 388 g/mol. The van der Waals surface area contributed by atoms with E-state index in [0.29, 0.717) is 16.3 Å². The van der Waals surface area contributed by atoms with Gasteiger partial charge in [0.1, 0.15) is 0 Å². The molecule has 0 radical (unpaired) electrons.